The quantitative estimate of drug-likeness (QED) is 0.428. The Labute approximate surface area is 200 Å². The Bertz CT molecular complexity index is 1380. The molecule has 0 aliphatic carbocycles. The zero-order valence-corrected chi connectivity index (χ0v) is 20.3. The third-order valence-corrected chi connectivity index (χ3v) is 9.36. The summed E-state index contributed by atoms with van der Waals surface area (Å²) in [5.74, 6) is -0.627. The highest BCUT2D eigenvalue weighted by Gasteiger charge is 2.33. The molecule has 0 bridgehead atoms. The number of piperidine rings is 1. The van der Waals surface area contributed by atoms with Gasteiger partial charge in [-0.25, -0.2) is 18.4 Å². The van der Waals surface area contributed by atoms with E-state index in [1.54, 1.807) is 35.6 Å². The highest BCUT2D eigenvalue weighted by atomic mass is 32.2. The van der Waals surface area contributed by atoms with Gasteiger partial charge in [0.1, 0.15) is 10.7 Å². The van der Waals surface area contributed by atoms with Crippen LogP contribution in [0.25, 0.3) is 20.9 Å². The summed E-state index contributed by atoms with van der Waals surface area (Å²) in [4.78, 5) is 22.3. The molecule has 2 aromatic carbocycles. The minimum atomic E-state index is -3.63. The minimum Gasteiger partial charge on any atom is -0.302 e. The second kappa shape index (κ2) is 8.94. The first kappa shape index (κ1) is 22.1. The Morgan fingerprint density at radius 2 is 1.91 bits per heavy atom. The van der Waals surface area contributed by atoms with Crippen molar-refractivity contribution in [2.45, 2.75) is 24.7 Å². The lowest BCUT2D eigenvalue weighted by atomic mass is 9.99. The number of amides is 1. The van der Waals surface area contributed by atoms with Gasteiger partial charge in [-0.05, 0) is 44.0 Å². The first-order chi connectivity index (χ1) is 15.9. The fourth-order valence-electron chi connectivity index (χ4n) is 3.85. The zero-order valence-electron chi connectivity index (χ0n) is 17.9. The smallest absolute Gasteiger partial charge is 0.243 e. The van der Waals surface area contributed by atoms with Crippen LogP contribution in [0.15, 0.2) is 58.8 Å². The molecule has 1 amide bonds. The van der Waals surface area contributed by atoms with Crippen LogP contribution in [0.3, 0.4) is 0 Å². The monoisotopic (exact) mass is 498 g/mol. The number of para-hydroxylation sites is 1. The molecule has 0 spiro atoms. The third-order valence-electron chi connectivity index (χ3n) is 5.66. The number of hydrogen-bond donors (Lipinski definition) is 1. The first-order valence-electron chi connectivity index (χ1n) is 10.6. The van der Waals surface area contributed by atoms with Gasteiger partial charge in [-0.15, -0.1) is 22.7 Å². The molecule has 0 saturated carbocycles. The lowest BCUT2D eigenvalue weighted by molar-refractivity contribution is -0.120. The standard InChI is InChI=1S/C23H22N4O3S3/c1-15-8-10-17(11-9-15)33(29,30)27-12-4-5-16(13-27)21(28)26-23-25-19(14-31-23)22-24-18-6-2-3-7-20(18)32-22/h2-3,6-11,14,16H,4-5,12-13H2,1H3,(H,25,26,28). The van der Waals surface area contributed by atoms with Gasteiger partial charge in [-0.3, -0.25) is 4.79 Å². The minimum absolute atomic E-state index is 0.165. The average Bonchev–Trinajstić information content (AvgIpc) is 3.46. The SMILES string of the molecule is Cc1ccc(S(=O)(=O)N2CCCC(C(=O)Nc3nc(-c4nc5ccccc5s4)cs3)C2)cc1. The fourth-order valence-corrected chi connectivity index (χ4v) is 7.08. The van der Waals surface area contributed by atoms with E-state index in [0.717, 1.165) is 26.5 Å². The van der Waals surface area contributed by atoms with Crippen molar-refractivity contribution in [3.8, 4) is 10.7 Å². The van der Waals surface area contributed by atoms with Crippen LogP contribution in [-0.4, -0.2) is 41.7 Å². The summed E-state index contributed by atoms with van der Waals surface area (Å²) in [5.41, 5.74) is 2.65. The van der Waals surface area contributed by atoms with Gasteiger partial charge in [0.05, 0.1) is 21.0 Å². The number of hydrogen-bond acceptors (Lipinski definition) is 7. The molecule has 1 fully saturated rings. The number of nitrogens with zero attached hydrogens (tertiary/aromatic N) is 3. The molecular formula is C23H22N4O3S3. The van der Waals surface area contributed by atoms with Gasteiger partial charge in [0.25, 0.3) is 0 Å². The Hall–Kier alpha value is -2.66. The third kappa shape index (κ3) is 4.56. The van der Waals surface area contributed by atoms with Crippen molar-refractivity contribution >= 4 is 54.0 Å². The van der Waals surface area contributed by atoms with E-state index in [1.165, 1.54) is 15.6 Å². The van der Waals surface area contributed by atoms with Crippen LogP contribution in [0.4, 0.5) is 5.13 Å². The van der Waals surface area contributed by atoms with Crippen LogP contribution in [0.1, 0.15) is 18.4 Å². The number of anilines is 1. The molecule has 1 unspecified atom stereocenters. The molecule has 2 aromatic heterocycles. The van der Waals surface area contributed by atoms with Crippen molar-refractivity contribution in [1.82, 2.24) is 14.3 Å². The zero-order chi connectivity index (χ0) is 23.0. The number of aromatic nitrogens is 2. The van der Waals surface area contributed by atoms with E-state index in [2.05, 4.69) is 15.3 Å². The molecule has 170 valence electrons. The number of fused-ring (bicyclic) bond motifs is 1. The number of rotatable bonds is 5. The van der Waals surface area contributed by atoms with Gasteiger partial charge >= 0.3 is 0 Å². The number of nitrogens with one attached hydrogen (secondary N) is 1. The van der Waals surface area contributed by atoms with Crippen LogP contribution in [-0.2, 0) is 14.8 Å². The van der Waals surface area contributed by atoms with Crippen molar-refractivity contribution in [3.05, 3.63) is 59.5 Å². The van der Waals surface area contributed by atoms with E-state index in [4.69, 9.17) is 0 Å². The van der Waals surface area contributed by atoms with Gasteiger partial charge < -0.3 is 5.32 Å². The summed E-state index contributed by atoms with van der Waals surface area (Å²) < 4.78 is 28.6. The lowest BCUT2D eigenvalue weighted by Gasteiger charge is -2.31. The number of benzene rings is 2. The molecule has 1 saturated heterocycles. The number of thiazole rings is 2. The van der Waals surface area contributed by atoms with Crippen LogP contribution < -0.4 is 5.32 Å². The molecule has 3 heterocycles. The molecule has 1 N–H and O–H groups in total. The Balaban J connectivity index is 1.27. The van der Waals surface area contributed by atoms with E-state index < -0.39 is 15.9 Å². The molecule has 1 atom stereocenters. The van der Waals surface area contributed by atoms with E-state index in [0.29, 0.717) is 24.5 Å². The number of aryl methyl sites for hydroxylation is 1. The summed E-state index contributed by atoms with van der Waals surface area (Å²) in [6.07, 6.45) is 1.28. The van der Waals surface area contributed by atoms with Crippen LogP contribution in [0, 0.1) is 12.8 Å². The molecule has 1 aliphatic rings. The normalized spacial score (nSPS) is 17.3. The number of sulfonamides is 1. The highest BCUT2D eigenvalue weighted by molar-refractivity contribution is 7.89. The van der Waals surface area contributed by atoms with E-state index in [1.807, 2.05) is 36.6 Å². The lowest BCUT2D eigenvalue weighted by Crippen LogP contribution is -2.43. The summed E-state index contributed by atoms with van der Waals surface area (Å²) in [7, 11) is -3.63. The molecular weight excluding hydrogens is 476 g/mol. The van der Waals surface area contributed by atoms with Crippen LogP contribution in [0.5, 0.6) is 0 Å². The van der Waals surface area contributed by atoms with Crippen molar-refractivity contribution in [1.29, 1.82) is 0 Å². The molecule has 5 rings (SSSR count). The van der Waals surface area contributed by atoms with Crippen LogP contribution >= 0.6 is 22.7 Å². The Morgan fingerprint density at radius 1 is 1.12 bits per heavy atom. The van der Waals surface area contributed by atoms with Gasteiger partial charge in [0.2, 0.25) is 15.9 Å². The first-order valence-corrected chi connectivity index (χ1v) is 13.7. The molecule has 0 radical (unpaired) electrons. The maximum absolute atomic E-state index is 13.0. The van der Waals surface area contributed by atoms with Gasteiger partial charge in [0.15, 0.2) is 5.13 Å². The molecule has 33 heavy (non-hydrogen) atoms. The maximum Gasteiger partial charge on any atom is 0.243 e. The van der Waals surface area contributed by atoms with Crippen molar-refractivity contribution < 1.29 is 13.2 Å². The molecule has 1 aliphatic heterocycles. The van der Waals surface area contributed by atoms with Gasteiger partial charge in [-0.2, -0.15) is 4.31 Å². The average molecular weight is 499 g/mol. The van der Waals surface area contributed by atoms with Crippen molar-refractivity contribution in [2.24, 2.45) is 5.92 Å². The van der Waals surface area contributed by atoms with E-state index in [-0.39, 0.29) is 17.3 Å². The molecule has 4 aromatic rings. The van der Waals surface area contributed by atoms with Crippen molar-refractivity contribution in [3.63, 3.8) is 0 Å². The predicted octanol–water partition coefficient (Wildman–Crippen LogP) is 4.77. The predicted molar refractivity (Wildman–Crippen MR) is 132 cm³/mol. The summed E-state index contributed by atoms with van der Waals surface area (Å²) in [5, 5.41) is 6.06. The van der Waals surface area contributed by atoms with E-state index >= 15 is 0 Å². The van der Waals surface area contributed by atoms with E-state index in [9.17, 15) is 13.2 Å². The fraction of sp³-hybridized carbons (Fsp3) is 0.261. The largest absolute Gasteiger partial charge is 0.302 e. The highest BCUT2D eigenvalue weighted by Crippen LogP contribution is 2.32. The summed E-state index contributed by atoms with van der Waals surface area (Å²) >= 11 is 2.90. The Kier molecular flexibility index (Phi) is 6.00. The van der Waals surface area contributed by atoms with Gasteiger partial charge in [-0.1, -0.05) is 29.8 Å². The summed E-state index contributed by atoms with van der Waals surface area (Å²) in [6, 6.07) is 14.7. The summed E-state index contributed by atoms with van der Waals surface area (Å²) in [6.45, 7) is 2.50. The topological polar surface area (TPSA) is 92.3 Å². The second-order valence-electron chi connectivity index (χ2n) is 8.03. The molecule has 10 heteroatoms. The van der Waals surface area contributed by atoms with Crippen LogP contribution in [0.2, 0.25) is 0 Å². The maximum atomic E-state index is 13.0. The molecule has 7 nitrogen and oxygen atoms in total. The van der Waals surface area contributed by atoms with Crippen molar-refractivity contribution in [2.75, 3.05) is 18.4 Å². The Morgan fingerprint density at radius 3 is 2.70 bits per heavy atom. The second-order valence-corrected chi connectivity index (χ2v) is 11.9. The number of carbonyl (C=O) groups is 1. The number of carbonyl (C=O) groups excluding carboxylic acids is 1. The van der Waals surface area contributed by atoms with Gasteiger partial charge in [0, 0.05) is 18.5 Å².